The summed E-state index contributed by atoms with van der Waals surface area (Å²) >= 11 is 11.8. The van der Waals surface area contributed by atoms with Gasteiger partial charge in [0.15, 0.2) is 0 Å². The molecule has 0 saturated carbocycles. The van der Waals surface area contributed by atoms with E-state index in [0.29, 0.717) is 5.92 Å². The van der Waals surface area contributed by atoms with E-state index in [1.54, 1.807) is 0 Å². The van der Waals surface area contributed by atoms with Gasteiger partial charge in [0.05, 0.1) is 6.61 Å². The van der Waals surface area contributed by atoms with E-state index >= 15 is 0 Å². The average molecular weight is 288 g/mol. The first-order valence-corrected chi connectivity index (χ1v) is 7.32. The molecule has 2 rings (SSSR count). The van der Waals surface area contributed by atoms with E-state index in [-0.39, 0.29) is 0 Å². The van der Waals surface area contributed by atoms with E-state index < -0.39 is 0 Å². The lowest BCUT2D eigenvalue weighted by molar-refractivity contribution is 0.352. The van der Waals surface area contributed by atoms with E-state index in [0.717, 1.165) is 54.8 Å². The van der Waals surface area contributed by atoms with Gasteiger partial charge in [0.2, 0.25) is 0 Å². The van der Waals surface area contributed by atoms with Crippen LogP contribution in [-0.2, 0) is 13.0 Å². The summed E-state index contributed by atoms with van der Waals surface area (Å²) in [5.41, 5.74) is 2.39. The maximum Gasteiger partial charge on any atom is 0.127 e. The predicted octanol–water partition coefficient (Wildman–Crippen LogP) is 3.63. The molecule has 0 spiro atoms. The van der Waals surface area contributed by atoms with Gasteiger partial charge in [-0.3, -0.25) is 0 Å². The second-order valence-corrected chi connectivity index (χ2v) is 5.68. The monoisotopic (exact) mass is 287 g/mol. The molecule has 1 atom stereocenters. The highest BCUT2D eigenvalue weighted by Gasteiger charge is 2.17. The number of nitrogens with one attached hydrogen (secondary N) is 1. The molecule has 1 aromatic carbocycles. The number of halogens is 2. The fraction of sp³-hybridized carbons (Fsp3) is 0.571. The fourth-order valence-corrected chi connectivity index (χ4v) is 2.85. The standard InChI is InChI=1S/C14H19Cl2NO/c1-10(2-4-15)8-17-9-12-7-13(16)6-11-3-5-18-14(11)12/h6-7,10,17H,2-5,8-9H2,1H3. The summed E-state index contributed by atoms with van der Waals surface area (Å²) in [6.07, 6.45) is 2.00. The first-order chi connectivity index (χ1) is 8.70. The van der Waals surface area contributed by atoms with Gasteiger partial charge in [-0.15, -0.1) is 11.6 Å². The van der Waals surface area contributed by atoms with Crippen LogP contribution in [0.1, 0.15) is 24.5 Å². The van der Waals surface area contributed by atoms with Crippen molar-refractivity contribution < 1.29 is 4.74 Å². The van der Waals surface area contributed by atoms with Crippen LogP contribution in [0, 0.1) is 5.92 Å². The molecule has 2 nitrogen and oxygen atoms in total. The zero-order valence-corrected chi connectivity index (χ0v) is 12.2. The fourth-order valence-electron chi connectivity index (χ4n) is 2.22. The molecule has 0 bridgehead atoms. The van der Waals surface area contributed by atoms with Gasteiger partial charge >= 0.3 is 0 Å². The van der Waals surface area contributed by atoms with E-state index in [9.17, 15) is 0 Å². The van der Waals surface area contributed by atoms with Crippen LogP contribution < -0.4 is 10.1 Å². The minimum atomic E-state index is 0.593. The van der Waals surface area contributed by atoms with Gasteiger partial charge < -0.3 is 10.1 Å². The largest absolute Gasteiger partial charge is 0.493 e. The normalized spacial score (nSPS) is 15.3. The van der Waals surface area contributed by atoms with Crippen molar-refractivity contribution in [2.24, 2.45) is 5.92 Å². The molecule has 1 unspecified atom stereocenters. The molecule has 0 saturated heterocycles. The third kappa shape index (κ3) is 3.53. The van der Waals surface area contributed by atoms with Crippen molar-refractivity contribution in [1.29, 1.82) is 0 Å². The molecule has 0 fully saturated rings. The molecule has 0 amide bonds. The minimum absolute atomic E-state index is 0.593. The molecule has 1 N–H and O–H groups in total. The Labute approximate surface area is 119 Å². The molecule has 100 valence electrons. The van der Waals surface area contributed by atoms with E-state index in [2.05, 4.69) is 12.2 Å². The van der Waals surface area contributed by atoms with Crippen LogP contribution >= 0.6 is 23.2 Å². The Morgan fingerprint density at radius 2 is 2.28 bits per heavy atom. The Morgan fingerprint density at radius 3 is 3.06 bits per heavy atom. The van der Waals surface area contributed by atoms with E-state index in [1.807, 2.05) is 12.1 Å². The van der Waals surface area contributed by atoms with Crippen molar-refractivity contribution >= 4 is 23.2 Å². The number of alkyl halides is 1. The quantitative estimate of drug-likeness (QED) is 0.807. The van der Waals surface area contributed by atoms with Crippen LogP contribution in [0.4, 0.5) is 0 Å². The molecule has 1 heterocycles. The molecule has 0 aliphatic carbocycles. The zero-order chi connectivity index (χ0) is 13.0. The molecule has 0 radical (unpaired) electrons. The van der Waals surface area contributed by atoms with Gasteiger partial charge in [0, 0.05) is 29.4 Å². The molecule has 1 aliphatic rings. The number of ether oxygens (including phenoxy) is 1. The lowest BCUT2D eigenvalue weighted by atomic mass is 10.1. The van der Waals surface area contributed by atoms with Crippen LogP contribution in [0.2, 0.25) is 5.02 Å². The van der Waals surface area contributed by atoms with Crippen molar-refractivity contribution in [3.8, 4) is 5.75 Å². The van der Waals surface area contributed by atoms with Crippen molar-refractivity contribution in [2.75, 3.05) is 19.0 Å². The number of hydrogen-bond acceptors (Lipinski definition) is 2. The Balaban J connectivity index is 1.93. The molecule has 4 heteroatoms. The van der Waals surface area contributed by atoms with Gasteiger partial charge in [0.1, 0.15) is 5.75 Å². The Morgan fingerprint density at radius 1 is 1.44 bits per heavy atom. The average Bonchev–Trinajstić information content (AvgIpc) is 2.77. The van der Waals surface area contributed by atoms with E-state index in [4.69, 9.17) is 27.9 Å². The summed E-state index contributed by atoms with van der Waals surface area (Å²) in [4.78, 5) is 0. The highest BCUT2D eigenvalue weighted by atomic mass is 35.5. The first kappa shape index (κ1) is 14.0. The summed E-state index contributed by atoms with van der Waals surface area (Å²) in [6, 6.07) is 3.99. The lowest BCUT2D eigenvalue weighted by Gasteiger charge is -2.13. The van der Waals surface area contributed by atoms with Gasteiger partial charge in [-0.1, -0.05) is 18.5 Å². The summed E-state index contributed by atoms with van der Waals surface area (Å²) < 4.78 is 5.67. The molecular formula is C14H19Cl2NO. The SMILES string of the molecule is CC(CCCl)CNCc1cc(Cl)cc2c1OCC2. The number of hydrogen-bond donors (Lipinski definition) is 1. The van der Waals surface area contributed by atoms with Gasteiger partial charge in [-0.05, 0) is 36.6 Å². The van der Waals surface area contributed by atoms with Crippen molar-refractivity contribution in [1.82, 2.24) is 5.32 Å². The van der Waals surface area contributed by atoms with Crippen molar-refractivity contribution in [3.63, 3.8) is 0 Å². The zero-order valence-electron chi connectivity index (χ0n) is 10.6. The third-order valence-electron chi connectivity index (χ3n) is 3.24. The van der Waals surface area contributed by atoms with Crippen LogP contribution in [0.3, 0.4) is 0 Å². The second kappa shape index (κ2) is 6.65. The molecule has 1 aliphatic heterocycles. The summed E-state index contributed by atoms with van der Waals surface area (Å²) in [6.45, 7) is 4.74. The predicted molar refractivity (Wildman–Crippen MR) is 76.9 cm³/mol. The maximum absolute atomic E-state index is 6.12. The first-order valence-electron chi connectivity index (χ1n) is 6.41. The van der Waals surface area contributed by atoms with Crippen molar-refractivity contribution in [2.45, 2.75) is 26.3 Å². The van der Waals surface area contributed by atoms with Crippen molar-refractivity contribution in [3.05, 3.63) is 28.3 Å². The minimum Gasteiger partial charge on any atom is -0.493 e. The highest BCUT2D eigenvalue weighted by molar-refractivity contribution is 6.30. The third-order valence-corrected chi connectivity index (χ3v) is 3.67. The second-order valence-electron chi connectivity index (χ2n) is 4.87. The summed E-state index contributed by atoms with van der Waals surface area (Å²) in [5.74, 6) is 2.34. The van der Waals surface area contributed by atoms with Crippen LogP contribution in [0.25, 0.3) is 0 Å². The van der Waals surface area contributed by atoms with Gasteiger partial charge in [-0.2, -0.15) is 0 Å². The molecular weight excluding hydrogens is 269 g/mol. The number of rotatable bonds is 6. The summed E-state index contributed by atoms with van der Waals surface area (Å²) in [5, 5.41) is 4.24. The maximum atomic E-state index is 6.12. The molecule has 1 aromatic rings. The van der Waals surface area contributed by atoms with Gasteiger partial charge in [-0.25, -0.2) is 0 Å². The molecule has 0 aromatic heterocycles. The lowest BCUT2D eigenvalue weighted by Crippen LogP contribution is -2.21. The Hall–Kier alpha value is -0.440. The van der Waals surface area contributed by atoms with Crippen LogP contribution in [-0.4, -0.2) is 19.0 Å². The highest BCUT2D eigenvalue weighted by Crippen LogP contribution is 2.32. The summed E-state index contributed by atoms with van der Waals surface area (Å²) in [7, 11) is 0. The van der Waals surface area contributed by atoms with Crippen LogP contribution in [0.15, 0.2) is 12.1 Å². The number of benzene rings is 1. The molecule has 18 heavy (non-hydrogen) atoms. The Kier molecular flexibility index (Phi) is 5.16. The van der Waals surface area contributed by atoms with Crippen LogP contribution in [0.5, 0.6) is 5.75 Å². The number of fused-ring (bicyclic) bond motifs is 1. The van der Waals surface area contributed by atoms with E-state index in [1.165, 1.54) is 5.56 Å². The topological polar surface area (TPSA) is 21.3 Å². The Bertz CT molecular complexity index is 409. The smallest absolute Gasteiger partial charge is 0.127 e. The van der Waals surface area contributed by atoms with Gasteiger partial charge in [0.25, 0.3) is 0 Å².